The number of carbonyl (C=O) groups is 4. The molecule has 0 radical (unpaired) electrons. The van der Waals surface area contributed by atoms with Crippen molar-refractivity contribution in [1.29, 1.82) is 0 Å². The van der Waals surface area contributed by atoms with Gasteiger partial charge in [0, 0.05) is 53.9 Å². The van der Waals surface area contributed by atoms with Crippen molar-refractivity contribution in [3.05, 3.63) is 0 Å². The van der Waals surface area contributed by atoms with Crippen molar-refractivity contribution >= 4 is 32.3 Å². The van der Waals surface area contributed by atoms with Gasteiger partial charge in [0.15, 0.2) is 0 Å². The van der Waals surface area contributed by atoms with E-state index in [1.807, 2.05) is 27.7 Å². The van der Waals surface area contributed by atoms with Gasteiger partial charge >= 0.3 is 8.72 Å². The average molecular weight is 485 g/mol. The van der Waals surface area contributed by atoms with Gasteiger partial charge in [0.05, 0.1) is 0 Å². The third kappa shape index (κ3) is 8.12. The van der Waals surface area contributed by atoms with Crippen LogP contribution in [0.2, 0.25) is 0 Å². The number of unbranched alkanes of at least 4 members (excludes halogenated alkanes) is 4. The molecule has 0 aliphatic carbocycles. The van der Waals surface area contributed by atoms with Gasteiger partial charge in [-0.1, -0.05) is 53.4 Å². The number of hydrogen-bond donors (Lipinski definition) is 0. The zero-order valence-electron chi connectivity index (χ0n) is 22.4. The van der Waals surface area contributed by atoms with Crippen molar-refractivity contribution in [3.63, 3.8) is 0 Å². The van der Waals surface area contributed by atoms with E-state index < -0.39 is 8.72 Å². The summed E-state index contributed by atoms with van der Waals surface area (Å²) in [5, 5.41) is 0. The molecule has 0 N–H and O–H groups in total. The quantitative estimate of drug-likeness (QED) is 0.310. The maximum absolute atomic E-state index is 13.2. The molecule has 33 heavy (non-hydrogen) atoms. The lowest BCUT2D eigenvalue weighted by Gasteiger charge is -2.56. The van der Waals surface area contributed by atoms with Crippen molar-refractivity contribution in [2.75, 3.05) is 26.2 Å². The molecule has 8 nitrogen and oxygen atoms in total. The Morgan fingerprint density at radius 3 is 0.758 bits per heavy atom. The van der Waals surface area contributed by atoms with Gasteiger partial charge in [-0.05, 0) is 25.7 Å². The SMILES string of the molecule is CCCCN(C(C)=O)[Si](N(CCCC)C(C)=O)(N(CCCC)C(C)=O)N(CCCC)C(C)=O. The molecule has 0 aromatic rings. The fourth-order valence-corrected chi connectivity index (χ4v) is 9.48. The summed E-state index contributed by atoms with van der Waals surface area (Å²) in [5.41, 5.74) is 0. The molecule has 4 amide bonds. The third-order valence-corrected chi connectivity index (χ3v) is 11.0. The molecule has 0 atom stereocenters. The van der Waals surface area contributed by atoms with Crippen molar-refractivity contribution in [2.24, 2.45) is 0 Å². The molecular formula is C24H48N4O4Si. The predicted octanol–water partition coefficient (Wildman–Crippen LogP) is 4.02. The van der Waals surface area contributed by atoms with Crippen LogP contribution in [0, 0.1) is 0 Å². The summed E-state index contributed by atoms with van der Waals surface area (Å²) in [5.74, 6) is -0.821. The molecular weight excluding hydrogens is 436 g/mol. The monoisotopic (exact) mass is 484 g/mol. The van der Waals surface area contributed by atoms with Gasteiger partial charge in [0.25, 0.3) is 0 Å². The average Bonchev–Trinajstić information content (AvgIpc) is 2.73. The van der Waals surface area contributed by atoms with Crippen molar-refractivity contribution in [1.82, 2.24) is 18.3 Å². The van der Waals surface area contributed by atoms with Crippen LogP contribution in [0.3, 0.4) is 0 Å². The molecule has 0 aromatic carbocycles. The molecule has 0 aliphatic heterocycles. The fraction of sp³-hybridized carbons (Fsp3) is 0.833. The summed E-state index contributed by atoms with van der Waals surface area (Å²) in [6.45, 7) is 15.7. The number of rotatable bonds is 16. The van der Waals surface area contributed by atoms with Gasteiger partial charge in [-0.3, -0.25) is 19.2 Å². The molecule has 9 heteroatoms. The maximum atomic E-state index is 13.2. The molecule has 0 heterocycles. The highest BCUT2D eigenvalue weighted by Gasteiger charge is 2.62. The zero-order chi connectivity index (χ0) is 25.6. The Labute approximate surface area is 203 Å². The predicted molar refractivity (Wildman–Crippen MR) is 135 cm³/mol. The van der Waals surface area contributed by atoms with Gasteiger partial charge in [0.2, 0.25) is 23.6 Å². The first-order valence-corrected chi connectivity index (χ1v) is 14.5. The molecule has 0 spiro atoms. The van der Waals surface area contributed by atoms with Crippen LogP contribution in [0.1, 0.15) is 107 Å². The van der Waals surface area contributed by atoms with Gasteiger partial charge in [0.1, 0.15) is 0 Å². The van der Waals surface area contributed by atoms with Gasteiger partial charge in [-0.15, -0.1) is 0 Å². The van der Waals surface area contributed by atoms with Crippen LogP contribution in [0.25, 0.3) is 0 Å². The lowest BCUT2D eigenvalue weighted by atomic mass is 10.3. The summed E-state index contributed by atoms with van der Waals surface area (Å²) < 4.78 is 6.90. The van der Waals surface area contributed by atoms with E-state index in [1.165, 1.54) is 27.7 Å². The second-order valence-electron chi connectivity index (χ2n) is 8.70. The number of hydrogen-bond acceptors (Lipinski definition) is 4. The molecule has 192 valence electrons. The van der Waals surface area contributed by atoms with Gasteiger partial charge in [-0.25, -0.2) is 0 Å². The molecule has 0 bridgehead atoms. The Bertz CT molecular complexity index is 534. The Morgan fingerprint density at radius 2 is 0.636 bits per heavy atom. The Hall–Kier alpha value is -1.90. The molecule has 0 saturated carbocycles. The van der Waals surface area contributed by atoms with E-state index in [4.69, 9.17) is 0 Å². The minimum atomic E-state index is -3.78. The third-order valence-electron chi connectivity index (χ3n) is 5.91. The largest absolute Gasteiger partial charge is 0.512 e. The van der Waals surface area contributed by atoms with E-state index >= 15 is 0 Å². The standard InChI is InChI=1S/C24H48N4O4Si/c1-9-13-17-25(21(5)29)33(26(22(6)30)18-14-10-2,27(23(7)31)19-15-11-3)28(24(8)32)20-16-12-4/h9-20H2,1-8H3. The minimum Gasteiger partial charge on any atom is -0.318 e. The molecule has 0 saturated heterocycles. The van der Waals surface area contributed by atoms with Crippen molar-refractivity contribution in [3.8, 4) is 0 Å². The van der Waals surface area contributed by atoms with Crippen LogP contribution in [0.5, 0.6) is 0 Å². The van der Waals surface area contributed by atoms with Gasteiger partial charge in [-0.2, -0.15) is 0 Å². The lowest BCUT2D eigenvalue weighted by Crippen LogP contribution is -2.86. The van der Waals surface area contributed by atoms with E-state index in [1.54, 1.807) is 18.3 Å². The number of amides is 4. The van der Waals surface area contributed by atoms with Crippen LogP contribution in [-0.2, 0) is 19.2 Å². The number of nitrogens with zero attached hydrogens (tertiary/aromatic N) is 4. The molecule has 0 aromatic heterocycles. The van der Waals surface area contributed by atoms with E-state index in [-0.39, 0.29) is 23.6 Å². The van der Waals surface area contributed by atoms with Crippen molar-refractivity contribution in [2.45, 2.75) is 107 Å². The highest BCUT2D eigenvalue weighted by Crippen LogP contribution is 2.29. The first kappa shape index (κ1) is 31.1. The lowest BCUT2D eigenvalue weighted by molar-refractivity contribution is -0.134. The maximum Gasteiger partial charge on any atom is 0.512 e. The minimum absolute atomic E-state index is 0.205. The van der Waals surface area contributed by atoms with Crippen LogP contribution in [0.4, 0.5) is 0 Å². The smallest absolute Gasteiger partial charge is 0.318 e. The Kier molecular flexibility index (Phi) is 14.9. The van der Waals surface area contributed by atoms with Gasteiger partial charge < -0.3 is 18.3 Å². The number of carbonyl (C=O) groups excluding carboxylic acids is 4. The van der Waals surface area contributed by atoms with Crippen molar-refractivity contribution < 1.29 is 19.2 Å². The topological polar surface area (TPSA) is 81.2 Å². The Balaban J connectivity index is 7.47. The summed E-state index contributed by atoms with van der Waals surface area (Å²) in [6, 6.07) is 0. The highest BCUT2D eigenvalue weighted by atomic mass is 28.4. The van der Waals surface area contributed by atoms with E-state index in [0.29, 0.717) is 26.2 Å². The Morgan fingerprint density at radius 1 is 0.455 bits per heavy atom. The van der Waals surface area contributed by atoms with Crippen LogP contribution in [-0.4, -0.2) is 76.8 Å². The van der Waals surface area contributed by atoms with E-state index in [2.05, 4.69) is 0 Å². The summed E-state index contributed by atoms with van der Waals surface area (Å²) >= 11 is 0. The normalized spacial score (nSPS) is 11.2. The van der Waals surface area contributed by atoms with Crippen LogP contribution < -0.4 is 0 Å². The van der Waals surface area contributed by atoms with Crippen LogP contribution in [0.15, 0.2) is 0 Å². The molecule has 0 aliphatic rings. The van der Waals surface area contributed by atoms with E-state index in [0.717, 1.165) is 51.4 Å². The first-order valence-electron chi connectivity index (χ1n) is 12.7. The first-order chi connectivity index (χ1) is 15.6. The highest BCUT2D eigenvalue weighted by molar-refractivity contribution is 6.77. The second kappa shape index (κ2) is 15.8. The summed E-state index contributed by atoms with van der Waals surface area (Å²) in [4.78, 5) is 53.0. The van der Waals surface area contributed by atoms with Crippen LogP contribution >= 0.6 is 0 Å². The summed E-state index contributed by atoms with van der Waals surface area (Å²) in [7, 11) is -3.78. The zero-order valence-corrected chi connectivity index (χ0v) is 23.4. The summed E-state index contributed by atoms with van der Waals surface area (Å²) in [6.07, 6.45) is 6.33. The molecule has 0 rings (SSSR count). The molecule has 0 fully saturated rings. The second-order valence-corrected chi connectivity index (χ2v) is 12.1. The fourth-order valence-electron chi connectivity index (χ4n) is 4.21. The molecule has 0 unspecified atom stereocenters. The van der Waals surface area contributed by atoms with E-state index in [9.17, 15) is 19.2 Å².